The minimum atomic E-state index is -0.279. The van der Waals surface area contributed by atoms with Crippen LogP contribution < -0.4 is 10.6 Å². The molecule has 2 aromatic rings. The van der Waals surface area contributed by atoms with E-state index in [1.54, 1.807) is 36.0 Å². The van der Waals surface area contributed by atoms with Gasteiger partial charge in [0.05, 0.1) is 11.6 Å². The molecule has 2 N–H and O–H groups in total. The van der Waals surface area contributed by atoms with Crippen molar-refractivity contribution < 1.29 is 9.59 Å². The van der Waals surface area contributed by atoms with E-state index < -0.39 is 0 Å². The molecule has 0 heterocycles. The lowest BCUT2D eigenvalue weighted by Crippen LogP contribution is -2.36. The van der Waals surface area contributed by atoms with Crippen molar-refractivity contribution in [2.75, 3.05) is 13.1 Å². The van der Waals surface area contributed by atoms with E-state index in [9.17, 15) is 9.59 Å². The molecule has 0 aliphatic heterocycles. The van der Waals surface area contributed by atoms with E-state index in [1.165, 1.54) is 0 Å². The highest BCUT2D eigenvalue weighted by atomic mass is 35.5. The topological polar surface area (TPSA) is 58.2 Å². The van der Waals surface area contributed by atoms with E-state index in [0.29, 0.717) is 27.9 Å². The number of rotatable bonds is 7. The molecule has 0 unspecified atom stereocenters. The molecule has 0 aromatic heterocycles. The van der Waals surface area contributed by atoms with Gasteiger partial charge in [0.1, 0.15) is 0 Å². The van der Waals surface area contributed by atoms with Gasteiger partial charge in [-0.3, -0.25) is 9.59 Å². The Morgan fingerprint density at radius 2 is 1.88 bits per heavy atom. The number of nitrogens with one attached hydrogen (secondary N) is 2. The Morgan fingerprint density at radius 3 is 2.64 bits per heavy atom. The van der Waals surface area contributed by atoms with Gasteiger partial charge in [-0.25, -0.2) is 0 Å². The molecule has 0 aliphatic carbocycles. The first-order valence-corrected chi connectivity index (χ1v) is 9.45. The largest absolute Gasteiger partial charge is 0.355 e. The monoisotopic (exact) mass is 396 g/mol. The molecule has 2 rings (SSSR count). The smallest absolute Gasteiger partial charge is 0.251 e. The van der Waals surface area contributed by atoms with Gasteiger partial charge < -0.3 is 10.6 Å². The lowest BCUT2D eigenvalue weighted by Gasteiger charge is -2.08. The third-order valence-electron chi connectivity index (χ3n) is 3.26. The van der Waals surface area contributed by atoms with Crippen LogP contribution in [0.5, 0.6) is 0 Å². The molecule has 2 aromatic carbocycles. The summed E-state index contributed by atoms with van der Waals surface area (Å²) in [5.74, 6) is 0.161. The Hall–Kier alpha value is -1.69. The van der Waals surface area contributed by atoms with Gasteiger partial charge in [-0.05, 0) is 42.8 Å². The van der Waals surface area contributed by atoms with Gasteiger partial charge in [0.25, 0.3) is 5.91 Å². The van der Waals surface area contributed by atoms with E-state index in [4.69, 9.17) is 23.2 Å². The first kappa shape index (κ1) is 19.6. The van der Waals surface area contributed by atoms with Crippen LogP contribution in [0.25, 0.3) is 0 Å². The second-order valence-electron chi connectivity index (χ2n) is 5.20. The number of amides is 2. The average Bonchev–Trinajstić information content (AvgIpc) is 2.61. The number of halogens is 2. The highest BCUT2D eigenvalue weighted by Crippen LogP contribution is 2.32. The van der Waals surface area contributed by atoms with Crippen LogP contribution in [-0.2, 0) is 10.5 Å². The minimum absolute atomic E-state index is 0.0379. The van der Waals surface area contributed by atoms with Crippen molar-refractivity contribution in [3.63, 3.8) is 0 Å². The molecule has 0 atom stereocenters. The van der Waals surface area contributed by atoms with Crippen LogP contribution in [0.4, 0.5) is 0 Å². The molecular formula is C18H18Cl2N2O2S. The fourth-order valence-corrected chi connectivity index (χ4v) is 3.51. The third kappa shape index (κ3) is 6.27. The number of hydrogen-bond acceptors (Lipinski definition) is 3. The summed E-state index contributed by atoms with van der Waals surface area (Å²) in [7, 11) is 0. The van der Waals surface area contributed by atoms with Crippen molar-refractivity contribution in [1.82, 2.24) is 10.6 Å². The molecule has 7 heteroatoms. The van der Waals surface area contributed by atoms with E-state index in [0.717, 1.165) is 10.5 Å². The quantitative estimate of drug-likeness (QED) is 0.690. The predicted octanol–water partition coefficient (Wildman–Crippen LogP) is 4.15. The number of hydrogen-bond donors (Lipinski definition) is 2. The van der Waals surface area contributed by atoms with Crippen molar-refractivity contribution >= 4 is 46.8 Å². The van der Waals surface area contributed by atoms with Crippen LogP contribution in [0.15, 0.2) is 47.4 Å². The first-order chi connectivity index (χ1) is 12.0. The van der Waals surface area contributed by atoms with Crippen LogP contribution in [0, 0.1) is 0 Å². The highest BCUT2D eigenvalue weighted by molar-refractivity contribution is 7.98. The van der Waals surface area contributed by atoms with Gasteiger partial charge in [-0.1, -0.05) is 35.3 Å². The van der Waals surface area contributed by atoms with Crippen molar-refractivity contribution in [1.29, 1.82) is 0 Å². The van der Waals surface area contributed by atoms with Crippen LogP contribution in [0.2, 0.25) is 10.0 Å². The maximum absolute atomic E-state index is 12.1. The molecule has 0 bridgehead atoms. The van der Waals surface area contributed by atoms with Crippen molar-refractivity contribution in [2.45, 2.75) is 17.6 Å². The third-order valence-corrected chi connectivity index (χ3v) is 5.06. The van der Waals surface area contributed by atoms with Crippen molar-refractivity contribution in [3.8, 4) is 0 Å². The molecule has 132 valence electrons. The summed E-state index contributed by atoms with van der Waals surface area (Å²) in [5, 5.41) is 6.51. The van der Waals surface area contributed by atoms with Gasteiger partial charge in [-0.2, -0.15) is 0 Å². The minimum Gasteiger partial charge on any atom is -0.355 e. The summed E-state index contributed by atoms with van der Waals surface area (Å²) in [5.41, 5.74) is 1.49. The van der Waals surface area contributed by atoms with Gasteiger partial charge in [0.2, 0.25) is 5.91 Å². The van der Waals surface area contributed by atoms with Crippen LogP contribution >= 0.6 is 35.0 Å². The Labute approximate surface area is 161 Å². The molecule has 0 saturated heterocycles. The normalized spacial score (nSPS) is 10.4. The number of thioether (sulfide) groups is 1. The molecule has 25 heavy (non-hydrogen) atoms. The zero-order valence-electron chi connectivity index (χ0n) is 13.6. The molecular weight excluding hydrogens is 379 g/mol. The highest BCUT2D eigenvalue weighted by Gasteiger charge is 2.09. The number of likely N-dealkylation sites (N-methyl/N-ethyl adjacent to an activating group) is 1. The van der Waals surface area contributed by atoms with Crippen LogP contribution in [0.3, 0.4) is 0 Å². The SMILES string of the molecule is CCNC(=O)CNC(=O)c1cccc(CSc2cc(Cl)ccc2Cl)c1. The lowest BCUT2D eigenvalue weighted by molar-refractivity contribution is -0.120. The number of benzene rings is 2. The molecule has 0 fully saturated rings. The predicted molar refractivity (Wildman–Crippen MR) is 103 cm³/mol. The van der Waals surface area contributed by atoms with Gasteiger partial charge in [0.15, 0.2) is 0 Å². The van der Waals surface area contributed by atoms with Gasteiger partial charge >= 0.3 is 0 Å². The second-order valence-corrected chi connectivity index (χ2v) is 7.06. The fraction of sp³-hybridized carbons (Fsp3) is 0.222. The molecule has 0 aliphatic rings. The standard InChI is InChI=1S/C18H18Cl2N2O2S/c1-2-21-17(23)10-22-18(24)13-5-3-4-12(8-13)11-25-16-9-14(19)6-7-15(16)20/h3-9H,2,10-11H2,1H3,(H,21,23)(H,22,24). The van der Waals surface area contributed by atoms with Gasteiger partial charge in [0, 0.05) is 27.8 Å². The molecule has 0 spiro atoms. The lowest BCUT2D eigenvalue weighted by atomic mass is 10.1. The molecule has 0 radical (unpaired) electrons. The Balaban J connectivity index is 1.97. The number of carbonyl (C=O) groups excluding carboxylic acids is 2. The molecule has 2 amide bonds. The Bertz CT molecular complexity index is 768. The maximum Gasteiger partial charge on any atom is 0.251 e. The Kier molecular flexibility index (Phi) is 7.62. The number of carbonyl (C=O) groups is 2. The maximum atomic E-state index is 12.1. The van der Waals surface area contributed by atoms with E-state index in [2.05, 4.69) is 10.6 Å². The zero-order chi connectivity index (χ0) is 18.2. The van der Waals surface area contributed by atoms with Crippen molar-refractivity contribution in [3.05, 3.63) is 63.6 Å². The zero-order valence-corrected chi connectivity index (χ0v) is 16.0. The summed E-state index contributed by atoms with van der Waals surface area (Å²) < 4.78 is 0. The summed E-state index contributed by atoms with van der Waals surface area (Å²) in [4.78, 5) is 24.4. The van der Waals surface area contributed by atoms with E-state index in [1.807, 2.05) is 25.1 Å². The molecule has 0 saturated carbocycles. The van der Waals surface area contributed by atoms with Crippen LogP contribution in [-0.4, -0.2) is 24.9 Å². The van der Waals surface area contributed by atoms with Crippen molar-refractivity contribution in [2.24, 2.45) is 0 Å². The van der Waals surface area contributed by atoms with E-state index in [-0.39, 0.29) is 18.4 Å². The summed E-state index contributed by atoms with van der Waals surface area (Å²) in [6.07, 6.45) is 0. The van der Waals surface area contributed by atoms with Crippen LogP contribution in [0.1, 0.15) is 22.8 Å². The average molecular weight is 397 g/mol. The van der Waals surface area contributed by atoms with Gasteiger partial charge in [-0.15, -0.1) is 11.8 Å². The molecule has 4 nitrogen and oxygen atoms in total. The second kappa shape index (κ2) is 9.70. The van der Waals surface area contributed by atoms with E-state index >= 15 is 0 Å². The Morgan fingerprint density at radius 1 is 1.08 bits per heavy atom. The summed E-state index contributed by atoms with van der Waals surface area (Å²) >= 11 is 13.7. The summed E-state index contributed by atoms with van der Waals surface area (Å²) in [6.45, 7) is 2.32. The summed E-state index contributed by atoms with van der Waals surface area (Å²) in [6, 6.07) is 12.6. The first-order valence-electron chi connectivity index (χ1n) is 7.71. The fourth-order valence-electron chi connectivity index (χ4n) is 2.07.